The van der Waals surface area contributed by atoms with Gasteiger partial charge in [-0.1, -0.05) is 13.0 Å². The van der Waals surface area contributed by atoms with E-state index >= 15 is 0 Å². The summed E-state index contributed by atoms with van der Waals surface area (Å²) in [5.74, 6) is -0.474. The van der Waals surface area contributed by atoms with Crippen molar-refractivity contribution in [3.63, 3.8) is 0 Å². The number of carboxylic acids is 1. The van der Waals surface area contributed by atoms with E-state index in [1.54, 1.807) is 11.8 Å². The van der Waals surface area contributed by atoms with Crippen LogP contribution in [0.4, 0.5) is 0 Å². The molecule has 1 rings (SSSR count). The number of carbonyl (C=O) groups is 2. The van der Waals surface area contributed by atoms with E-state index in [2.05, 4.69) is 5.32 Å². The zero-order valence-electron chi connectivity index (χ0n) is 12.9. The van der Waals surface area contributed by atoms with E-state index < -0.39 is 22.0 Å². The lowest BCUT2D eigenvalue weighted by atomic mass is 10.1. The summed E-state index contributed by atoms with van der Waals surface area (Å²) in [6.07, 6.45) is 1.55. The molecule has 0 spiro atoms. The molecule has 2 N–H and O–H groups in total. The number of hydrogen-bond donors (Lipinski definition) is 2. The second-order valence-corrected chi connectivity index (χ2v) is 7.55. The minimum Gasteiger partial charge on any atom is -0.478 e. The van der Waals surface area contributed by atoms with Gasteiger partial charge in [0.05, 0.1) is 17.4 Å². The molecule has 0 unspecified atom stereocenters. The normalized spacial score (nSPS) is 11.0. The first kappa shape index (κ1) is 19.3. The fraction of sp³-hybridized carbons (Fsp3) is 0.429. The number of hydrogen-bond acceptors (Lipinski definition) is 6. The van der Waals surface area contributed by atoms with E-state index in [4.69, 9.17) is 4.18 Å². The molecule has 1 aromatic rings. The summed E-state index contributed by atoms with van der Waals surface area (Å²) in [7, 11) is -3.88. The van der Waals surface area contributed by atoms with Crippen LogP contribution >= 0.6 is 11.8 Å². The zero-order chi connectivity index (χ0) is 17.5. The summed E-state index contributed by atoms with van der Waals surface area (Å²) in [5.41, 5.74) is -0.611. The van der Waals surface area contributed by atoms with Crippen LogP contribution < -0.4 is 9.50 Å². The molecular weight excluding hydrogens is 342 g/mol. The Morgan fingerprint density at radius 2 is 2.04 bits per heavy atom. The molecule has 0 aliphatic carbocycles. The Morgan fingerprint density at radius 1 is 1.35 bits per heavy atom. The number of benzene rings is 1. The van der Waals surface area contributed by atoms with Gasteiger partial charge >= 0.3 is 16.1 Å². The lowest BCUT2D eigenvalue weighted by Crippen LogP contribution is -2.27. The summed E-state index contributed by atoms with van der Waals surface area (Å²) in [4.78, 5) is 23.5. The minimum atomic E-state index is -3.88. The maximum atomic E-state index is 12.3. The molecule has 0 aliphatic rings. The van der Waals surface area contributed by atoms with E-state index in [0.29, 0.717) is 6.54 Å². The van der Waals surface area contributed by atoms with Gasteiger partial charge in [-0.25, -0.2) is 4.79 Å². The van der Waals surface area contributed by atoms with Crippen LogP contribution in [0.2, 0.25) is 0 Å². The van der Waals surface area contributed by atoms with Gasteiger partial charge in [-0.05, 0) is 30.1 Å². The largest absolute Gasteiger partial charge is 0.478 e. The molecule has 0 aromatic heterocycles. The molecule has 7 nitrogen and oxygen atoms in total. The second-order valence-electron chi connectivity index (χ2n) is 4.58. The molecular formula is C14H19NO6S2. The summed E-state index contributed by atoms with van der Waals surface area (Å²) in [5, 5.41) is 11.8. The third kappa shape index (κ3) is 6.49. The fourth-order valence-corrected chi connectivity index (χ4v) is 2.89. The molecule has 0 atom stereocenters. The molecule has 9 heteroatoms. The van der Waals surface area contributed by atoms with Gasteiger partial charge in [0.1, 0.15) is 0 Å². The van der Waals surface area contributed by atoms with E-state index in [1.165, 1.54) is 18.2 Å². The summed E-state index contributed by atoms with van der Waals surface area (Å²) < 4.78 is 27.3. The van der Waals surface area contributed by atoms with Crippen molar-refractivity contribution in [1.82, 2.24) is 5.32 Å². The Labute approximate surface area is 139 Å². The van der Waals surface area contributed by atoms with Crippen LogP contribution in [0.15, 0.2) is 18.2 Å². The van der Waals surface area contributed by atoms with Crippen LogP contribution in [0.3, 0.4) is 0 Å². The number of amides is 1. The lowest BCUT2D eigenvalue weighted by molar-refractivity contribution is 0.0690. The third-order valence-electron chi connectivity index (χ3n) is 2.68. The van der Waals surface area contributed by atoms with Crippen molar-refractivity contribution in [3.8, 4) is 5.75 Å². The van der Waals surface area contributed by atoms with Crippen molar-refractivity contribution in [3.05, 3.63) is 29.3 Å². The van der Waals surface area contributed by atoms with Crippen molar-refractivity contribution in [2.24, 2.45) is 0 Å². The van der Waals surface area contributed by atoms with E-state index in [-0.39, 0.29) is 16.9 Å². The van der Waals surface area contributed by atoms with Gasteiger partial charge < -0.3 is 14.6 Å². The highest BCUT2D eigenvalue weighted by atomic mass is 32.2. The van der Waals surface area contributed by atoms with Crippen LogP contribution in [0.1, 0.15) is 34.1 Å². The van der Waals surface area contributed by atoms with Gasteiger partial charge in [0, 0.05) is 6.54 Å². The van der Waals surface area contributed by atoms with Gasteiger partial charge in [0.2, 0.25) is 0 Å². The topological polar surface area (TPSA) is 110 Å². The van der Waals surface area contributed by atoms with Gasteiger partial charge in [-0.3, -0.25) is 4.79 Å². The Bertz CT molecular complexity index is 672. The molecule has 128 valence electrons. The first-order chi connectivity index (χ1) is 10.8. The quantitative estimate of drug-likeness (QED) is 0.508. The fourth-order valence-electron chi connectivity index (χ4n) is 1.78. The highest BCUT2D eigenvalue weighted by Crippen LogP contribution is 2.24. The average molecular weight is 361 g/mol. The number of carbonyl (C=O) groups excluding carboxylic acids is 1. The second kappa shape index (κ2) is 8.78. The molecule has 0 radical (unpaired) electrons. The average Bonchev–Trinajstić information content (AvgIpc) is 2.44. The Kier molecular flexibility index (Phi) is 7.37. The van der Waals surface area contributed by atoms with Gasteiger partial charge in [0.15, 0.2) is 5.75 Å². The van der Waals surface area contributed by atoms with Crippen LogP contribution in [0.5, 0.6) is 5.75 Å². The molecule has 0 aliphatic heterocycles. The monoisotopic (exact) mass is 361 g/mol. The smallest absolute Gasteiger partial charge is 0.336 e. The van der Waals surface area contributed by atoms with Crippen molar-refractivity contribution in [2.75, 3.05) is 24.3 Å². The highest BCUT2D eigenvalue weighted by molar-refractivity contribution is 7.99. The Hall–Kier alpha value is -1.74. The van der Waals surface area contributed by atoms with Crippen LogP contribution in [0, 0.1) is 0 Å². The summed E-state index contributed by atoms with van der Waals surface area (Å²) in [6.45, 7) is 2.39. The van der Waals surface area contributed by atoms with Crippen molar-refractivity contribution >= 4 is 33.8 Å². The van der Waals surface area contributed by atoms with Crippen LogP contribution in [0.25, 0.3) is 0 Å². The Balaban J connectivity index is 3.00. The maximum absolute atomic E-state index is 12.3. The van der Waals surface area contributed by atoms with E-state index in [1.807, 2.05) is 6.92 Å². The number of nitrogens with one attached hydrogen (secondary N) is 1. The first-order valence-electron chi connectivity index (χ1n) is 6.88. The van der Waals surface area contributed by atoms with Gasteiger partial charge in [0.25, 0.3) is 5.91 Å². The maximum Gasteiger partial charge on any atom is 0.336 e. The van der Waals surface area contributed by atoms with Crippen molar-refractivity contribution < 1.29 is 27.3 Å². The molecule has 1 amide bonds. The standard InChI is InChI=1S/C14H19NO6S2/c1-3-22-9-5-8-15-13(16)12-10(14(17)18)6-4-7-11(12)21-23(2,19)20/h4,6-7H,3,5,8-9H2,1-2H3,(H,15,16)(H,17,18). The molecule has 1 aromatic carbocycles. The van der Waals surface area contributed by atoms with Crippen molar-refractivity contribution in [2.45, 2.75) is 13.3 Å². The van der Waals surface area contributed by atoms with Crippen LogP contribution in [-0.2, 0) is 10.1 Å². The van der Waals surface area contributed by atoms with Gasteiger partial charge in [-0.15, -0.1) is 0 Å². The molecule has 0 saturated carbocycles. The van der Waals surface area contributed by atoms with Crippen molar-refractivity contribution in [1.29, 1.82) is 0 Å². The molecule has 0 bridgehead atoms. The predicted molar refractivity (Wildman–Crippen MR) is 88.8 cm³/mol. The molecule has 0 fully saturated rings. The zero-order valence-corrected chi connectivity index (χ0v) is 14.5. The Morgan fingerprint density at radius 3 is 2.61 bits per heavy atom. The lowest BCUT2D eigenvalue weighted by Gasteiger charge is -2.12. The third-order valence-corrected chi connectivity index (χ3v) is 4.15. The predicted octanol–water partition coefficient (Wildman–Crippen LogP) is 1.60. The minimum absolute atomic E-state index is 0.298. The van der Waals surface area contributed by atoms with Gasteiger partial charge in [-0.2, -0.15) is 20.2 Å². The van der Waals surface area contributed by atoms with E-state index in [0.717, 1.165) is 24.2 Å². The molecule has 23 heavy (non-hydrogen) atoms. The number of aromatic carboxylic acids is 1. The molecule has 0 saturated heterocycles. The number of rotatable bonds is 9. The number of carboxylic acid groups (broad SMARTS) is 1. The summed E-state index contributed by atoms with van der Waals surface area (Å²) in [6, 6.07) is 3.79. The van der Waals surface area contributed by atoms with E-state index in [9.17, 15) is 23.1 Å². The SMILES string of the molecule is CCSCCCNC(=O)c1c(OS(C)(=O)=O)cccc1C(=O)O. The highest BCUT2D eigenvalue weighted by Gasteiger charge is 2.23. The first-order valence-corrected chi connectivity index (χ1v) is 9.85. The van der Waals surface area contributed by atoms with Crippen LogP contribution in [-0.4, -0.2) is 49.7 Å². The molecule has 0 heterocycles. The summed E-state index contributed by atoms with van der Waals surface area (Å²) >= 11 is 1.73. The number of thioether (sulfide) groups is 1.